The van der Waals surface area contributed by atoms with Gasteiger partial charge in [0.2, 0.25) is 5.96 Å². The van der Waals surface area contributed by atoms with Gasteiger partial charge in [0.1, 0.15) is 0 Å². The quantitative estimate of drug-likeness (QED) is 0.331. The Hall–Kier alpha value is -1.30. The standard InChI is InChI=1S/C11H17ClN4O/c1-8(7-17-2)14-11(16-13)15-10-6-4-3-5-9(10)12/h3-6,8H,7,13H2,1-2H3,(H2,14,15,16). The average molecular weight is 257 g/mol. The molecule has 1 rings (SSSR count). The lowest BCUT2D eigenvalue weighted by Crippen LogP contribution is -2.37. The van der Waals surface area contributed by atoms with Crippen LogP contribution < -0.4 is 16.6 Å². The lowest BCUT2D eigenvalue weighted by Gasteiger charge is -2.12. The van der Waals surface area contributed by atoms with E-state index in [1.54, 1.807) is 13.2 Å². The van der Waals surface area contributed by atoms with E-state index in [4.69, 9.17) is 22.2 Å². The predicted octanol–water partition coefficient (Wildman–Crippen LogP) is 1.61. The van der Waals surface area contributed by atoms with Crippen molar-refractivity contribution in [1.29, 1.82) is 0 Å². The molecule has 1 atom stereocenters. The Morgan fingerprint density at radius 2 is 2.24 bits per heavy atom. The number of hydrazine groups is 1. The van der Waals surface area contributed by atoms with Crippen molar-refractivity contribution in [2.75, 3.05) is 19.0 Å². The second-order valence-corrected chi connectivity index (χ2v) is 3.94. The van der Waals surface area contributed by atoms with Gasteiger partial charge in [-0.2, -0.15) is 0 Å². The molecule has 6 heteroatoms. The second-order valence-electron chi connectivity index (χ2n) is 3.53. The summed E-state index contributed by atoms with van der Waals surface area (Å²) in [7, 11) is 1.63. The van der Waals surface area contributed by atoms with Crippen molar-refractivity contribution >= 4 is 23.2 Å². The highest BCUT2D eigenvalue weighted by atomic mass is 35.5. The van der Waals surface area contributed by atoms with Gasteiger partial charge in [-0.1, -0.05) is 23.7 Å². The van der Waals surface area contributed by atoms with Gasteiger partial charge in [-0.15, -0.1) is 0 Å². The zero-order valence-corrected chi connectivity index (χ0v) is 10.7. The Labute approximate surface area is 106 Å². The number of anilines is 1. The molecule has 0 spiro atoms. The molecule has 0 aliphatic carbocycles. The number of hydrogen-bond acceptors (Lipinski definition) is 3. The first-order chi connectivity index (χ1) is 8.17. The summed E-state index contributed by atoms with van der Waals surface area (Å²) in [5, 5.41) is 3.62. The fourth-order valence-electron chi connectivity index (χ4n) is 1.29. The van der Waals surface area contributed by atoms with E-state index in [0.717, 1.165) is 5.69 Å². The second kappa shape index (κ2) is 7.11. The van der Waals surface area contributed by atoms with Crippen molar-refractivity contribution in [2.45, 2.75) is 13.0 Å². The fourth-order valence-corrected chi connectivity index (χ4v) is 1.48. The molecular weight excluding hydrogens is 240 g/mol. The van der Waals surface area contributed by atoms with Crippen molar-refractivity contribution in [3.63, 3.8) is 0 Å². The minimum Gasteiger partial charge on any atom is -0.382 e. The monoisotopic (exact) mass is 256 g/mol. The molecule has 0 saturated heterocycles. The summed E-state index contributed by atoms with van der Waals surface area (Å²) in [5.41, 5.74) is 3.24. The normalized spacial score (nSPS) is 13.3. The highest BCUT2D eigenvalue weighted by Crippen LogP contribution is 2.20. The molecule has 5 nitrogen and oxygen atoms in total. The molecule has 0 aliphatic heterocycles. The molecule has 0 bridgehead atoms. The van der Waals surface area contributed by atoms with Gasteiger partial charge >= 0.3 is 0 Å². The number of ether oxygens (including phenoxy) is 1. The number of nitrogens with two attached hydrogens (primary N) is 1. The Morgan fingerprint density at radius 1 is 1.53 bits per heavy atom. The summed E-state index contributed by atoms with van der Waals surface area (Å²) in [6.07, 6.45) is 0. The maximum atomic E-state index is 6.01. The zero-order chi connectivity index (χ0) is 12.7. The molecule has 4 N–H and O–H groups in total. The molecular formula is C11H17ClN4O. The van der Waals surface area contributed by atoms with Gasteiger partial charge in [0, 0.05) is 7.11 Å². The van der Waals surface area contributed by atoms with Gasteiger partial charge in [0.25, 0.3) is 0 Å². The maximum Gasteiger partial charge on any atom is 0.210 e. The Balaban J connectivity index is 2.73. The van der Waals surface area contributed by atoms with Crippen LogP contribution in [0.5, 0.6) is 0 Å². The number of para-hydroxylation sites is 1. The largest absolute Gasteiger partial charge is 0.382 e. The predicted molar refractivity (Wildman–Crippen MR) is 71.2 cm³/mol. The summed E-state index contributed by atoms with van der Waals surface area (Å²) in [5.74, 6) is 5.83. The number of halogens is 1. The highest BCUT2D eigenvalue weighted by molar-refractivity contribution is 6.33. The molecule has 0 aromatic heterocycles. The summed E-state index contributed by atoms with van der Waals surface area (Å²) in [4.78, 5) is 4.31. The summed E-state index contributed by atoms with van der Waals surface area (Å²) >= 11 is 6.01. The van der Waals surface area contributed by atoms with E-state index in [1.807, 2.05) is 25.1 Å². The zero-order valence-electron chi connectivity index (χ0n) is 9.90. The van der Waals surface area contributed by atoms with Crippen LogP contribution in [0, 0.1) is 0 Å². The minimum absolute atomic E-state index is 0.000961. The van der Waals surface area contributed by atoms with E-state index in [0.29, 0.717) is 17.6 Å². The van der Waals surface area contributed by atoms with Crippen molar-refractivity contribution in [1.82, 2.24) is 5.43 Å². The average Bonchev–Trinajstić information content (AvgIpc) is 2.31. The van der Waals surface area contributed by atoms with Crippen molar-refractivity contribution in [2.24, 2.45) is 10.8 Å². The van der Waals surface area contributed by atoms with Gasteiger partial charge in [0.15, 0.2) is 0 Å². The lowest BCUT2D eigenvalue weighted by molar-refractivity contribution is 0.185. The van der Waals surface area contributed by atoms with Crippen LogP contribution in [0.4, 0.5) is 5.69 Å². The van der Waals surface area contributed by atoms with Crippen LogP contribution in [0.15, 0.2) is 29.3 Å². The lowest BCUT2D eigenvalue weighted by atomic mass is 10.3. The van der Waals surface area contributed by atoms with Gasteiger partial charge in [0.05, 0.1) is 23.4 Å². The first-order valence-corrected chi connectivity index (χ1v) is 5.60. The Bertz CT molecular complexity index is 383. The van der Waals surface area contributed by atoms with Gasteiger partial charge in [-0.25, -0.2) is 10.8 Å². The first-order valence-electron chi connectivity index (χ1n) is 5.22. The molecule has 0 radical (unpaired) electrons. The van der Waals surface area contributed by atoms with Crippen LogP contribution >= 0.6 is 11.6 Å². The first kappa shape index (κ1) is 13.8. The van der Waals surface area contributed by atoms with Crippen LogP contribution in [0.1, 0.15) is 6.92 Å². The number of hydrogen-bond donors (Lipinski definition) is 3. The smallest absolute Gasteiger partial charge is 0.210 e. The summed E-state index contributed by atoms with van der Waals surface area (Å²) in [6, 6.07) is 7.36. The third kappa shape index (κ3) is 4.60. The van der Waals surface area contributed by atoms with Crippen molar-refractivity contribution < 1.29 is 4.74 Å². The van der Waals surface area contributed by atoms with Crippen LogP contribution in [-0.4, -0.2) is 25.7 Å². The fraction of sp³-hybridized carbons (Fsp3) is 0.364. The van der Waals surface area contributed by atoms with Crippen molar-refractivity contribution in [3.8, 4) is 0 Å². The Morgan fingerprint density at radius 3 is 2.82 bits per heavy atom. The van der Waals surface area contributed by atoms with Crippen LogP contribution in [0.3, 0.4) is 0 Å². The number of guanidine groups is 1. The molecule has 0 heterocycles. The van der Waals surface area contributed by atoms with Crippen LogP contribution in [-0.2, 0) is 4.74 Å². The van der Waals surface area contributed by atoms with Crippen LogP contribution in [0.25, 0.3) is 0 Å². The molecule has 1 aromatic carbocycles. The molecule has 0 aliphatic rings. The van der Waals surface area contributed by atoms with Crippen molar-refractivity contribution in [3.05, 3.63) is 29.3 Å². The molecule has 1 aromatic rings. The van der Waals surface area contributed by atoms with E-state index < -0.39 is 0 Å². The topological polar surface area (TPSA) is 71.7 Å². The highest BCUT2D eigenvalue weighted by Gasteiger charge is 2.04. The minimum atomic E-state index is 0.000961. The van der Waals surface area contributed by atoms with E-state index in [9.17, 15) is 0 Å². The van der Waals surface area contributed by atoms with E-state index >= 15 is 0 Å². The molecule has 0 saturated carbocycles. The number of aliphatic imine (C=N–C) groups is 1. The number of nitrogens with zero attached hydrogens (tertiary/aromatic N) is 1. The number of benzene rings is 1. The Kier molecular flexibility index (Phi) is 5.76. The number of nitrogens with one attached hydrogen (secondary N) is 2. The van der Waals surface area contributed by atoms with Crippen LogP contribution in [0.2, 0.25) is 5.02 Å². The molecule has 1 unspecified atom stereocenters. The summed E-state index contributed by atoms with van der Waals surface area (Å²) in [6.45, 7) is 2.45. The maximum absolute atomic E-state index is 6.01. The number of rotatable bonds is 4. The summed E-state index contributed by atoms with van der Waals surface area (Å²) < 4.78 is 4.99. The van der Waals surface area contributed by atoms with E-state index in [-0.39, 0.29) is 6.04 Å². The molecule has 0 fully saturated rings. The van der Waals surface area contributed by atoms with Gasteiger partial charge in [-0.05, 0) is 19.1 Å². The van der Waals surface area contributed by atoms with Gasteiger partial charge in [-0.3, -0.25) is 5.43 Å². The molecule has 0 amide bonds. The molecule has 17 heavy (non-hydrogen) atoms. The van der Waals surface area contributed by atoms with E-state index in [1.165, 1.54) is 0 Å². The third-order valence-corrected chi connectivity index (χ3v) is 2.35. The van der Waals surface area contributed by atoms with E-state index in [2.05, 4.69) is 15.7 Å². The molecule has 94 valence electrons. The van der Waals surface area contributed by atoms with Gasteiger partial charge < -0.3 is 10.1 Å². The number of methoxy groups -OCH3 is 1. The SMILES string of the molecule is COCC(C)N=C(NN)Nc1ccccc1Cl. The third-order valence-electron chi connectivity index (χ3n) is 2.02.